The van der Waals surface area contributed by atoms with Crippen LogP contribution in [0, 0.1) is 0 Å². The molecular formula is C24H31N. The Morgan fingerprint density at radius 3 is 1.64 bits per heavy atom. The lowest BCUT2D eigenvalue weighted by molar-refractivity contribution is 0.413. The van der Waals surface area contributed by atoms with Gasteiger partial charge in [-0.3, -0.25) is 0 Å². The maximum absolute atomic E-state index is 6.45. The molecule has 0 unspecified atom stereocenters. The van der Waals surface area contributed by atoms with Gasteiger partial charge in [-0.15, -0.1) is 0 Å². The first-order valence-corrected chi connectivity index (χ1v) is 9.32. The van der Waals surface area contributed by atoms with E-state index in [2.05, 4.69) is 101 Å². The summed E-state index contributed by atoms with van der Waals surface area (Å²) in [5.74, 6) is 0.577. The summed E-state index contributed by atoms with van der Waals surface area (Å²) in [7, 11) is 0. The molecule has 0 saturated carbocycles. The van der Waals surface area contributed by atoms with Crippen molar-refractivity contribution >= 4 is 12.2 Å². The average molecular weight is 334 g/mol. The highest BCUT2D eigenvalue weighted by Gasteiger charge is 2.22. The third-order valence-corrected chi connectivity index (χ3v) is 5.04. The van der Waals surface area contributed by atoms with Crippen LogP contribution in [0.1, 0.15) is 68.7 Å². The molecule has 0 fully saturated rings. The lowest BCUT2D eigenvalue weighted by Crippen LogP contribution is -2.34. The monoisotopic (exact) mass is 333 g/mol. The number of rotatable bonds is 7. The first-order chi connectivity index (χ1) is 12.0. The van der Waals surface area contributed by atoms with E-state index in [-0.39, 0.29) is 5.54 Å². The van der Waals surface area contributed by atoms with Crippen LogP contribution < -0.4 is 5.73 Å². The van der Waals surface area contributed by atoms with Gasteiger partial charge in [0.25, 0.3) is 0 Å². The number of hydrogen-bond donors (Lipinski definition) is 1. The molecule has 0 aromatic heterocycles. The van der Waals surface area contributed by atoms with Crippen molar-refractivity contribution in [3.05, 3.63) is 82.9 Å². The number of hydrogen-bond acceptors (Lipinski definition) is 1. The highest BCUT2D eigenvalue weighted by atomic mass is 14.7. The molecule has 25 heavy (non-hydrogen) atoms. The van der Waals surface area contributed by atoms with E-state index < -0.39 is 0 Å². The zero-order valence-electron chi connectivity index (χ0n) is 16.0. The predicted molar refractivity (Wildman–Crippen MR) is 111 cm³/mol. The molecule has 0 heterocycles. The predicted octanol–water partition coefficient (Wildman–Crippen LogP) is 6.51. The van der Waals surface area contributed by atoms with Crippen LogP contribution in [-0.4, -0.2) is 0 Å². The Bertz CT molecular complexity index is 699. The van der Waals surface area contributed by atoms with Crippen LogP contribution in [0.5, 0.6) is 0 Å². The fourth-order valence-electron chi connectivity index (χ4n) is 2.91. The van der Waals surface area contributed by atoms with Crippen LogP contribution >= 0.6 is 0 Å². The highest BCUT2D eigenvalue weighted by Crippen LogP contribution is 2.26. The second-order valence-corrected chi connectivity index (χ2v) is 7.02. The van der Waals surface area contributed by atoms with Crippen LogP contribution in [0.3, 0.4) is 0 Å². The van der Waals surface area contributed by atoms with Gasteiger partial charge in [-0.1, -0.05) is 101 Å². The molecule has 0 atom stereocenters. The lowest BCUT2D eigenvalue weighted by atomic mass is 9.85. The van der Waals surface area contributed by atoms with Crippen LogP contribution in [0.4, 0.5) is 0 Å². The zero-order valence-corrected chi connectivity index (χ0v) is 16.0. The first kappa shape index (κ1) is 19.2. The molecule has 2 N–H and O–H groups in total. The minimum atomic E-state index is -0.204. The van der Waals surface area contributed by atoms with E-state index in [1.807, 2.05) is 0 Å². The van der Waals surface area contributed by atoms with Gasteiger partial charge in [0.1, 0.15) is 0 Å². The Hall–Kier alpha value is -2.12. The highest BCUT2D eigenvalue weighted by molar-refractivity contribution is 5.57. The molecule has 0 amide bonds. The maximum Gasteiger partial charge on any atom is 0.0404 e. The summed E-state index contributed by atoms with van der Waals surface area (Å²) in [6, 6.07) is 17.3. The van der Waals surface area contributed by atoms with Crippen LogP contribution in [0.2, 0.25) is 0 Å². The normalized spacial score (nSPS) is 12.6. The summed E-state index contributed by atoms with van der Waals surface area (Å²) < 4.78 is 0. The second-order valence-electron chi connectivity index (χ2n) is 7.02. The summed E-state index contributed by atoms with van der Waals surface area (Å²) >= 11 is 0. The first-order valence-electron chi connectivity index (χ1n) is 9.32. The van der Waals surface area contributed by atoms with E-state index in [0.29, 0.717) is 5.92 Å². The molecule has 0 saturated heterocycles. The molecule has 132 valence electrons. The number of benzene rings is 2. The van der Waals surface area contributed by atoms with Crippen molar-refractivity contribution in [2.24, 2.45) is 5.73 Å². The summed E-state index contributed by atoms with van der Waals surface area (Å²) in [6.45, 7) is 8.73. The Morgan fingerprint density at radius 1 is 0.800 bits per heavy atom. The molecule has 2 rings (SSSR count). The van der Waals surface area contributed by atoms with Gasteiger partial charge >= 0.3 is 0 Å². The number of nitrogens with two attached hydrogens (primary N) is 1. The quantitative estimate of drug-likeness (QED) is 0.574. The summed E-state index contributed by atoms with van der Waals surface area (Å²) in [6.07, 6.45) is 10.3. The third-order valence-electron chi connectivity index (χ3n) is 5.04. The third kappa shape index (κ3) is 5.17. The molecule has 2 aromatic carbocycles. The minimum Gasteiger partial charge on any atom is -0.321 e. The van der Waals surface area contributed by atoms with E-state index in [0.717, 1.165) is 12.8 Å². The minimum absolute atomic E-state index is 0.204. The van der Waals surface area contributed by atoms with Crippen molar-refractivity contribution in [1.29, 1.82) is 0 Å². The Morgan fingerprint density at radius 2 is 1.24 bits per heavy atom. The summed E-state index contributed by atoms with van der Waals surface area (Å²) in [4.78, 5) is 0. The van der Waals surface area contributed by atoms with Crippen LogP contribution in [-0.2, 0) is 5.54 Å². The second kappa shape index (κ2) is 8.82. The van der Waals surface area contributed by atoms with Crippen molar-refractivity contribution in [3.8, 4) is 0 Å². The summed E-state index contributed by atoms with van der Waals surface area (Å²) in [5.41, 5.74) is 11.3. The van der Waals surface area contributed by atoms with E-state index >= 15 is 0 Å². The van der Waals surface area contributed by atoms with Crippen LogP contribution in [0.25, 0.3) is 12.2 Å². The van der Waals surface area contributed by atoms with E-state index in [1.54, 1.807) is 0 Å². The Kier molecular flexibility index (Phi) is 6.78. The Labute approximate surface area is 153 Å². The topological polar surface area (TPSA) is 26.0 Å². The van der Waals surface area contributed by atoms with Crippen LogP contribution in [0.15, 0.2) is 60.7 Å². The van der Waals surface area contributed by atoms with Gasteiger partial charge in [-0.25, -0.2) is 0 Å². The maximum atomic E-state index is 6.45. The van der Waals surface area contributed by atoms with Crippen molar-refractivity contribution < 1.29 is 0 Å². The van der Waals surface area contributed by atoms with Gasteiger partial charge in [-0.05, 0) is 41.0 Å². The van der Waals surface area contributed by atoms with E-state index in [9.17, 15) is 0 Å². The van der Waals surface area contributed by atoms with Gasteiger partial charge in [0, 0.05) is 5.54 Å². The zero-order chi connectivity index (χ0) is 18.3. The lowest BCUT2D eigenvalue weighted by Gasteiger charge is -2.27. The van der Waals surface area contributed by atoms with Gasteiger partial charge in [0.05, 0.1) is 0 Å². The van der Waals surface area contributed by atoms with Gasteiger partial charge in [0.2, 0.25) is 0 Å². The van der Waals surface area contributed by atoms with Gasteiger partial charge in [0.15, 0.2) is 0 Å². The molecule has 0 aliphatic heterocycles. The van der Waals surface area contributed by atoms with Crippen molar-refractivity contribution in [1.82, 2.24) is 0 Å². The smallest absolute Gasteiger partial charge is 0.0404 e. The fraction of sp³-hybridized carbons (Fsp3) is 0.333. The van der Waals surface area contributed by atoms with E-state index in [1.165, 1.54) is 22.3 Å². The average Bonchev–Trinajstić information content (AvgIpc) is 2.65. The summed E-state index contributed by atoms with van der Waals surface area (Å²) in [5, 5.41) is 0. The molecule has 1 heteroatoms. The molecule has 0 aliphatic rings. The number of allylic oxidation sites excluding steroid dienone is 2. The molecule has 0 radical (unpaired) electrons. The fourth-order valence-corrected chi connectivity index (χ4v) is 2.91. The van der Waals surface area contributed by atoms with E-state index in [4.69, 9.17) is 5.73 Å². The Balaban J connectivity index is 2.00. The molecule has 0 bridgehead atoms. The van der Waals surface area contributed by atoms with Gasteiger partial charge < -0.3 is 5.73 Å². The molecule has 2 aromatic rings. The largest absolute Gasteiger partial charge is 0.321 e. The van der Waals surface area contributed by atoms with Crippen molar-refractivity contribution in [3.63, 3.8) is 0 Å². The molecule has 0 spiro atoms. The molecule has 0 aliphatic carbocycles. The standard InChI is InChI=1S/C24H31N/c1-5-24(25,6-2)23-17-13-21(14-18-23)10-8-7-9-20-11-15-22(16-12-20)19(3)4/h7-19H,5-6,25H2,1-4H3/b9-7+,10-8+. The SMILES string of the molecule is CCC(N)(CC)c1ccc(/C=C/C=C/c2ccc(C(C)C)cc2)cc1. The van der Waals surface area contributed by atoms with Crippen molar-refractivity contribution in [2.75, 3.05) is 0 Å². The van der Waals surface area contributed by atoms with Gasteiger partial charge in [-0.2, -0.15) is 0 Å². The molecule has 1 nitrogen and oxygen atoms in total. The molecular weight excluding hydrogens is 302 g/mol. The van der Waals surface area contributed by atoms with Crippen molar-refractivity contribution in [2.45, 2.75) is 52.0 Å².